The molecule has 1 heterocycles. The lowest BCUT2D eigenvalue weighted by atomic mass is 9.71. The zero-order chi connectivity index (χ0) is 22.8. The van der Waals surface area contributed by atoms with Crippen molar-refractivity contribution in [3.63, 3.8) is 0 Å². The Morgan fingerprint density at radius 1 is 1.03 bits per heavy atom. The smallest absolute Gasteiger partial charge is 0.336 e. The fraction of sp³-hybridized carbons (Fsp3) is 0.333. The zero-order valence-electron chi connectivity index (χ0n) is 19.0. The molecule has 166 valence electrons. The minimum absolute atomic E-state index is 0.0394. The van der Waals surface area contributed by atoms with Crippen LogP contribution in [0.25, 0.3) is 0 Å². The number of dihydropyridines is 1. The number of Topliss-reactive ketones (excluding diaryl/α,β-unsaturated/α-hetero) is 1. The molecular formula is C27H29NO4. The highest BCUT2D eigenvalue weighted by molar-refractivity contribution is 6.04. The van der Waals surface area contributed by atoms with Crippen LogP contribution in [0.5, 0.6) is 5.75 Å². The number of methoxy groups -OCH3 is 1. The van der Waals surface area contributed by atoms with E-state index in [-0.39, 0.29) is 17.8 Å². The van der Waals surface area contributed by atoms with Crippen molar-refractivity contribution < 1.29 is 19.1 Å². The Labute approximate surface area is 189 Å². The Kier molecular flexibility index (Phi) is 6.17. The quantitative estimate of drug-likeness (QED) is 0.675. The standard InChI is InChI=1S/C27H29NO4/c1-16(2)32-23-13-9-8-12-20(23)25-24(27(30)31-4)17(3)28-21-14-19(15-22(29)26(21)25)18-10-6-5-7-11-18/h5-13,16,19,25,28H,14-15H2,1-4H3. The maximum Gasteiger partial charge on any atom is 0.336 e. The minimum Gasteiger partial charge on any atom is -0.491 e. The predicted molar refractivity (Wildman–Crippen MR) is 123 cm³/mol. The third kappa shape index (κ3) is 4.07. The van der Waals surface area contributed by atoms with Gasteiger partial charge in [-0.1, -0.05) is 48.5 Å². The molecule has 2 atom stereocenters. The Balaban J connectivity index is 1.85. The average molecular weight is 432 g/mol. The van der Waals surface area contributed by atoms with Crippen LogP contribution in [0.4, 0.5) is 0 Å². The number of ether oxygens (including phenoxy) is 2. The second-order valence-electron chi connectivity index (χ2n) is 8.62. The van der Waals surface area contributed by atoms with Crippen LogP contribution < -0.4 is 10.1 Å². The summed E-state index contributed by atoms with van der Waals surface area (Å²) in [5, 5.41) is 3.37. The van der Waals surface area contributed by atoms with Gasteiger partial charge in [-0.3, -0.25) is 4.79 Å². The van der Waals surface area contributed by atoms with Gasteiger partial charge in [0.1, 0.15) is 5.75 Å². The molecule has 2 aliphatic rings. The number of rotatable bonds is 5. The Hall–Kier alpha value is -3.34. The summed E-state index contributed by atoms with van der Waals surface area (Å²) < 4.78 is 11.2. The highest BCUT2D eigenvalue weighted by atomic mass is 16.5. The van der Waals surface area contributed by atoms with Gasteiger partial charge in [0.15, 0.2) is 5.78 Å². The van der Waals surface area contributed by atoms with E-state index in [0.717, 1.165) is 16.8 Å². The van der Waals surface area contributed by atoms with Crippen molar-refractivity contribution in [1.29, 1.82) is 0 Å². The van der Waals surface area contributed by atoms with Crippen LogP contribution in [0.3, 0.4) is 0 Å². The van der Waals surface area contributed by atoms with Crippen molar-refractivity contribution in [2.75, 3.05) is 7.11 Å². The zero-order valence-corrected chi connectivity index (χ0v) is 19.0. The monoisotopic (exact) mass is 431 g/mol. The van der Waals surface area contributed by atoms with Crippen LogP contribution in [-0.2, 0) is 14.3 Å². The Bertz CT molecular complexity index is 1100. The van der Waals surface area contributed by atoms with Crippen molar-refractivity contribution in [3.05, 3.63) is 88.3 Å². The lowest BCUT2D eigenvalue weighted by Crippen LogP contribution is -2.36. The maximum absolute atomic E-state index is 13.6. The molecule has 1 aliphatic heterocycles. The summed E-state index contributed by atoms with van der Waals surface area (Å²) in [6.45, 7) is 5.79. The second-order valence-corrected chi connectivity index (χ2v) is 8.62. The van der Waals surface area contributed by atoms with E-state index in [1.807, 2.05) is 63.2 Å². The molecule has 2 aromatic rings. The Morgan fingerprint density at radius 3 is 2.41 bits per heavy atom. The van der Waals surface area contributed by atoms with Gasteiger partial charge in [-0.15, -0.1) is 0 Å². The molecule has 1 N–H and O–H groups in total. The first-order valence-corrected chi connectivity index (χ1v) is 11.0. The van der Waals surface area contributed by atoms with Gasteiger partial charge in [-0.05, 0) is 44.7 Å². The fourth-order valence-electron chi connectivity index (χ4n) is 4.77. The molecule has 0 saturated carbocycles. The normalized spacial score (nSPS) is 20.7. The summed E-state index contributed by atoms with van der Waals surface area (Å²) in [6.07, 6.45) is 1.07. The van der Waals surface area contributed by atoms with Gasteiger partial charge >= 0.3 is 5.97 Å². The van der Waals surface area contributed by atoms with Crippen LogP contribution in [0.2, 0.25) is 0 Å². The van der Waals surface area contributed by atoms with E-state index < -0.39 is 11.9 Å². The number of esters is 1. The molecule has 0 bridgehead atoms. The molecule has 1 aliphatic carbocycles. The van der Waals surface area contributed by atoms with Crippen LogP contribution in [-0.4, -0.2) is 25.0 Å². The van der Waals surface area contributed by atoms with Gasteiger partial charge in [-0.2, -0.15) is 0 Å². The highest BCUT2D eigenvalue weighted by Crippen LogP contribution is 2.47. The molecule has 0 fully saturated rings. The van der Waals surface area contributed by atoms with Crippen LogP contribution >= 0.6 is 0 Å². The summed E-state index contributed by atoms with van der Waals surface area (Å²) in [5.41, 5.74) is 4.64. The van der Waals surface area contributed by atoms with Gasteiger partial charge in [0.25, 0.3) is 0 Å². The summed E-state index contributed by atoms with van der Waals surface area (Å²) in [4.78, 5) is 26.4. The molecule has 5 heteroatoms. The van der Waals surface area contributed by atoms with Crippen molar-refractivity contribution in [3.8, 4) is 5.75 Å². The van der Waals surface area contributed by atoms with Gasteiger partial charge in [0.05, 0.1) is 24.7 Å². The number of benzene rings is 2. The molecule has 0 aromatic heterocycles. The van der Waals surface area contributed by atoms with Gasteiger partial charge in [0.2, 0.25) is 0 Å². The molecular weight excluding hydrogens is 402 g/mol. The number of hydrogen-bond donors (Lipinski definition) is 1. The number of para-hydroxylation sites is 1. The summed E-state index contributed by atoms with van der Waals surface area (Å²) in [6, 6.07) is 17.8. The molecule has 2 aromatic carbocycles. The average Bonchev–Trinajstić information content (AvgIpc) is 2.78. The first-order chi connectivity index (χ1) is 15.4. The van der Waals surface area contributed by atoms with E-state index in [9.17, 15) is 9.59 Å². The van der Waals surface area contributed by atoms with Gasteiger partial charge in [0, 0.05) is 29.0 Å². The maximum atomic E-state index is 13.6. The van der Waals surface area contributed by atoms with Crippen LogP contribution in [0, 0.1) is 0 Å². The molecule has 0 spiro atoms. The predicted octanol–water partition coefficient (Wildman–Crippen LogP) is 5.01. The minimum atomic E-state index is -0.530. The van der Waals surface area contributed by atoms with Crippen molar-refractivity contribution in [2.24, 2.45) is 0 Å². The summed E-state index contributed by atoms with van der Waals surface area (Å²) in [7, 11) is 1.37. The van der Waals surface area contributed by atoms with Gasteiger partial charge < -0.3 is 14.8 Å². The number of ketones is 1. The van der Waals surface area contributed by atoms with Crippen molar-refractivity contribution in [2.45, 2.75) is 51.6 Å². The molecule has 0 saturated heterocycles. The van der Waals surface area contributed by atoms with E-state index in [1.54, 1.807) is 0 Å². The van der Waals surface area contributed by atoms with E-state index in [1.165, 1.54) is 7.11 Å². The third-order valence-electron chi connectivity index (χ3n) is 6.10. The van der Waals surface area contributed by atoms with E-state index >= 15 is 0 Å². The van der Waals surface area contributed by atoms with Crippen molar-refractivity contribution in [1.82, 2.24) is 5.32 Å². The van der Waals surface area contributed by atoms with Crippen LogP contribution in [0.1, 0.15) is 56.6 Å². The largest absolute Gasteiger partial charge is 0.491 e. The van der Waals surface area contributed by atoms with E-state index in [2.05, 4.69) is 17.4 Å². The lowest BCUT2D eigenvalue weighted by Gasteiger charge is -2.37. The molecule has 0 amide bonds. The first kappa shape index (κ1) is 21.9. The van der Waals surface area contributed by atoms with Crippen molar-refractivity contribution >= 4 is 11.8 Å². The number of hydrogen-bond acceptors (Lipinski definition) is 5. The van der Waals surface area contributed by atoms with Crippen LogP contribution in [0.15, 0.2) is 77.1 Å². The SMILES string of the molecule is COC(=O)C1=C(C)NC2=C(C(=O)CC(c3ccccc3)C2)C1c1ccccc1OC(C)C. The molecule has 2 unspecified atom stereocenters. The summed E-state index contributed by atoms with van der Waals surface area (Å²) >= 11 is 0. The second kappa shape index (κ2) is 9.03. The molecule has 4 rings (SSSR count). The Morgan fingerprint density at radius 2 is 1.72 bits per heavy atom. The molecule has 0 radical (unpaired) electrons. The first-order valence-electron chi connectivity index (χ1n) is 11.0. The fourth-order valence-corrected chi connectivity index (χ4v) is 4.77. The van der Waals surface area contributed by atoms with Gasteiger partial charge in [-0.25, -0.2) is 4.79 Å². The lowest BCUT2D eigenvalue weighted by molar-refractivity contribution is -0.136. The number of allylic oxidation sites excluding steroid dienone is 3. The number of nitrogens with one attached hydrogen (secondary N) is 1. The van der Waals surface area contributed by atoms with E-state index in [4.69, 9.17) is 9.47 Å². The number of carbonyl (C=O) groups excluding carboxylic acids is 2. The highest BCUT2D eigenvalue weighted by Gasteiger charge is 2.42. The number of carbonyl (C=O) groups is 2. The third-order valence-corrected chi connectivity index (χ3v) is 6.10. The van der Waals surface area contributed by atoms with E-state index in [0.29, 0.717) is 35.4 Å². The topological polar surface area (TPSA) is 64.6 Å². The molecule has 5 nitrogen and oxygen atoms in total. The summed E-state index contributed by atoms with van der Waals surface area (Å²) in [5.74, 6) is -0.147. The molecule has 32 heavy (non-hydrogen) atoms.